The lowest BCUT2D eigenvalue weighted by molar-refractivity contribution is -0.151. The quantitative estimate of drug-likeness (QED) is 0.0389. The molecule has 0 N–H and O–H groups in total. The van der Waals surface area contributed by atoms with Gasteiger partial charge in [-0.2, -0.15) is 0 Å². The van der Waals surface area contributed by atoms with E-state index in [0.717, 1.165) is 131 Å². The van der Waals surface area contributed by atoms with Gasteiger partial charge < -0.3 is 19.3 Å². The lowest BCUT2D eigenvalue weighted by Crippen LogP contribution is -2.45. The first kappa shape index (κ1) is 59.2. The van der Waals surface area contributed by atoms with Crippen molar-refractivity contribution in [1.82, 2.24) is 9.80 Å². The van der Waals surface area contributed by atoms with Crippen molar-refractivity contribution in [2.75, 3.05) is 39.0 Å². The lowest BCUT2D eigenvalue weighted by atomic mass is 9.51. The van der Waals surface area contributed by atoms with Crippen LogP contribution in [0, 0.1) is 64.1 Å². The van der Waals surface area contributed by atoms with E-state index >= 15 is 0 Å². The minimum Gasteiger partial charge on any atom is -0.462 e. The molecule has 11 atom stereocenters. The third kappa shape index (κ3) is 16.7. The largest absolute Gasteiger partial charge is 0.462 e. The van der Waals surface area contributed by atoms with Crippen LogP contribution in [0.1, 0.15) is 242 Å². The molecule has 0 aromatic rings. The maximum atomic E-state index is 13.8. The second-order valence-electron chi connectivity index (χ2n) is 25.7. The number of hydrogen-bond donors (Lipinski definition) is 0. The molecule has 0 bridgehead atoms. The van der Waals surface area contributed by atoms with Crippen LogP contribution < -0.4 is 0 Å². The van der Waals surface area contributed by atoms with Crippen LogP contribution in [0.3, 0.4) is 0 Å². The smallest absolute Gasteiger partial charge is 0.307 e. The van der Waals surface area contributed by atoms with E-state index in [1.807, 2.05) is 4.90 Å². The van der Waals surface area contributed by atoms with E-state index in [4.69, 9.17) is 9.47 Å². The summed E-state index contributed by atoms with van der Waals surface area (Å²) < 4.78 is 12.4. The summed E-state index contributed by atoms with van der Waals surface area (Å²) in [6.07, 6.45) is 36.1. The number of esters is 2. The van der Waals surface area contributed by atoms with Crippen LogP contribution in [-0.2, 0) is 19.1 Å². The lowest BCUT2D eigenvalue weighted by Gasteiger charge is -2.53. The summed E-state index contributed by atoms with van der Waals surface area (Å²) in [6, 6.07) is 0. The molecule has 72 heavy (non-hydrogen) atoms. The van der Waals surface area contributed by atoms with Crippen LogP contribution in [0.5, 0.6) is 0 Å². The summed E-state index contributed by atoms with van der Waals surface area (Å²) in [5.74, 6) is 7.56. The zero-order valence-corrected chi connectivity index (χ0v) is 48.7. The SMILES string of the molecule is CCCCCCCCC(CCCCCC)OC(=O)CCCCCCN(CCC(=O)OC1CCC2(C)C(=C=CC=C3C2CCC2(C)C3CCC2C(C)C2CC2C(C)C(C)C)C1)C(=O)SCCC1CCN(C)CC1. The van der Waals surface area contributed by atoms with E-state index in [1.165, 1.54) is 114 Å². The molecule has 5 aliphatic carbocycles. The summed E-state index contributed by atoms with van der Waals surface area (Å²) in [4.78, 5) is 44.9. The summed E-state index contributed by atoms with van der Waals surface area (Å²) in [5.41, 5.74) is 7.28. The molecule has 1 aliphatic heterocycles. The maximum absolute atomic E-state index is 13.8. The fourth-order valence-corrected chi connectivity index (χ4v) is 16.1. The number of unbranched alkanes of at least 4 members (excludes halogenated alkanes) is 11. The Kier molecular flexibility index (Phi) is 24.3. The van der Waals surface area contributed by atoms with E-state index in [0.29, 0.717) is 42.7 Å². The number of amides is 1. The number of carbonyl (C=O) groups is 3. The molecule has 1 heterocycles. The number of fused-ring (bicyclic) bond motifs is 5. The minimum atomic E-state index is -0.186. The minimum absolute atomic E-state index is 0.0459. The third-order valence-corrected chi connectivity index (χ3v) is 21.3. The Hall–Kier alpha value is -2.02. The van der Waals surface area contributed by atoms with Crippen LogP contribution in [0.25, 0.3) is 0 Å². The Morgan fingerprint density at radius 3 is 2.17 bits per heavy atom. The fourth-order valence-electron chi connectivity index (χ4n) is 15.1. The molecule has 5 fully saturated rings. The van der Waals surface area contributed by atoms with Gasteiger partial charge in [0.2, 0.25) is 0 Å². The van der Waals surface area contributed by atoms with Crippen molar-refractivity contribution in [1.29, 1.82) is 0 Å². The molecule has 0 aromatic heterocycles. The number of hydrogen-bond acceptors (Lipinski definition) is 7. The van der Waals surface area contributed by atoms with E-state index in [2.05, 4.69) is 85.2 Å². The standard InChI is InChI=1S/C64H108N2O5S/c1-10-12-14-16-17-21-27-52(26-20-15-13-11-2)70-60(67)29-22-18-19-23-40-66(62(69)72-44-37-50-34-41-65(9)42-35-50)43-36-61(68)71-53-32-38-63(7)51(45-53)25-24-28-54-58-31-30-57(64(58,8)39-33-59(54)63)49(6)56-46-55(56)48(5)47(3)4/h24,28,47-50,52-53,55-59H,10-23,26-27,29-46H2,1-9H3. The van der Waals surface area contributed by atoms with Crippen LogP contribution in [0.4, 0.5) is 4.79 Å². The molecule has 0 aromatic carbocycles. The molecule has 410 valence electrons. The number of carbonyl (C=O) groups excluding carboxylic acids is 3. The predicted octanol–water partition coefficient (Wildman–Crippen LogP) is 17.0. The number of thioether (sulfide) groups is 1. The molecule has 11 unspecified atom stereocenters. The summed E-state index contributed by atoms with van der Waals surface area (Å²) in [7, 11) is 2.20. The van der Waals surface area contributed by atoms with E-state index in [1.54, 1.807) is 5.57 Å². The highest BCUT2D eigenvalue weighted by Gasteiger charge is 2.59. The van der Waals surface area contributed by atoms with Gasteiger partial charge in [0.05, 0.1) is 6.42 Å². The molecule has 1 amide bonds. The van der Waals surface area contributed by atoms with Crippen molar-refractivity contribution < 1.29 is 23.9 Å². The van der Waals surface area contributed by atoms with Crippen molar-refractivity contribution in [2.24, 2.45) is 64.1 Å². The molecule has 0 spiro atoms. The molecule has 4 saturated carbocycles. The predicted molar refractivity (Wildman–Crippen MR) is 302 cm³/mol. The highest BCUT2D eigenvalue weighted by atomic mass is 32.2. The molecule has 6 aliphatic rings. The summed E-state index contributed by atoms with van der Waals surface area (Å²) in [5, 5.41) is 0.0872. The number of likely N-dealkylation sites (tertiary alicyclic amines) is 1. The molecule has 7 nitrogen and oxygen atoms in total. The van der Waals surface area contributed by atoms with E-state index in [9.17, 15) is 14.4 Å². The van der Waals surface area contributed by atoms with Gasteiger partial charge >= 0.3 is 11.9 Å². The highest BCUT2D eigenvalue weighted by molar-refractivity contribution is 8.13. The van der Waals surface area contributed by atoms with Gasteiger partial charge in [-0.15, -0.1) is 5.73 Å². The highest BCUT2D eigenvalue weighted by Crippen LogP contribution is 2.67. The van der Waals surface area contributed by atoms with Crippen molar-refractivity contribution >= 4 is 28.9 Å². The summed E-state index contributed by atoms with van der Waals surface area (Å²) in [6.45, 7) is 22.9. The van der Waals surface area contributed by atoms with Crippen molar-refractivity contribution in [3.63, 3.8) is 0 Å². The average Bonchev–Trinajstić information content (AvgIpc) is 4.10. The second kappa shape index (κ2) is 29.5. The summed E-state index contributed by atoms with van der Waals surface area (Å²) >= 11 is 1.44. The monoisotopic (exact) mass is 1020 g/mol. The second-order valence-corrected chi connectivity index (χ2v) is 26.7. The number of nitrogens with zero attached hydrogens (tertiary/aromatic N) is 2. The molecular formula is C64H108N2O5S. The van der Waals surface area contributed by atoms with Crippen molar-refractivity contribution in [3.05, 3.63) is 29.0 Å². The van der Waals surface area contributed by atoms with E-state index < -0.39 is 0 Å². The molecular weight excluding hydrogens is 909 g/mol. The topological polar surface area (TPSA) is 76.1 Å². The number of ether oxygens (including phenoxy) is 2. The first-order valence-corrected chi connectivity index (χ1v) is 31.8. The maximum Gasteiger partial charge on any atom is 0.307 e. The normalized spacial score (nSPS) is 29.5. The van der Waals surface area contributed by atoms with E-state index in [-0.39, 0.29) is 41.2 Å². The zero-order valence-electron chi connectivity index (χ0n) is 47.9. The Labute approximate surface area is 446 Å². The van der Waals surface area contributed by atoms with Gasteiger partial charge in [-0.05, 0) is 193 Å². The molecule has 8 heteroatoms. The van der Waals surface area contributed by atoms with Gasteiger partial charge in [-0.3, -0.25) is 14.4 Å². The van der Waals surface area contributed by atoms with Crippen LogP contribution in [0.15, 0.2) is 29.0 Å². The number of allylic oxidation sites excluding steroid dienone is 2. The van der Waals surface area contributed by atoms with Gasteiger partial charge in [0.15, 0.2) is 0 Å². The Bertz CT molecular complexity index is 1780. The molecule has 0 radical (unpaired) electrons. The third-order valence-electron chi connectivity index (χ3n) is 20.4. The fraction of sp³-hybridized carbons (Fsp3) is 0.875. The van der Waals surface area contributed by atoms with Crippen molar-refractivity contribution in [2.45, 2.75) is 254 Å². The number of rotatable bonds is 31. The van der Waals surface area contributed by atoms with Gasteiger partial charge in [0.1, 0.15) is 12.2 Å². The van der Waals surface area contributed by atoms with Crippen LogP contribution in [-0.4, -0.2) is 78.2 Å². The Morgan fingerprint density at radius 1 is 0.764 bits per heavy atom. The number of piperidine rings is 1. The van der Waals surface area contributed by atoms with Crippen LogP contribution in [0.2, 0.25) is 0 Å². The molecule has 6 rings (SSSR count). The first-order chi connectivity index (χ1) is 34.7. The van der Waals surface area contributed by atoms with Crippen molar-refractivity contribution in [3.8, 4) is 0 Å². The zero-order chi connectivity index (χ0) is 51.7. The average molecular weight is 1020 g/mol. The van der Waals surface area contributed by atoms with Gasteiger partial charge in [-0.1, -0.05) is 143 Å². The first-order valence-electron chi connectivity index (χ1n) is 30.8. The van der Waals surface area contributed by atoms with Gasteiger partial charge in [-0.25, -0.2) is 0 Å². The molecule has 1 saturated heterocycles. The van der Waals surface area contributed by atoms with Gasteiger partial charge in [0, 0.05) is 37.1 Å². The Morgan fingerprint density at radius 2 is 1.44 bits per heavy atom. The van der Waals surface area contributed by atoms with Gasteiger partial charge in [0.25, 0.3) is 5.24 Å². The van der Waals surface area contributed by atoms with Crippen LogP contribution >= 0.6 is 11.8 Å². The Balaban J connectivity index is 0.963.